The summed E-state index contributed by atoms with van der Waals surface area (Å²) in [6.45, 7) is 2.12. The Balaban J connectivity index is 2.01. The zero-order chi connectivity index (χ0) is 12.0. The van der Waals surface area contributed by atoms with Crippen LogP contribution in [0.5, 0.6) is 0 Å². The van der Waals surface area contributed by atoms with Crippen molar-refractivity contribution in [2.24, 2.45) is 18.2 Å². The second-order valence-electron chi connectivity index (χ2n) is 5.42. The van der Waals surface area contributed by atoms with Crippen molar-refractivity contribution in [2.75, 3.05) is 0 Å². The van der Waals surface area contributed by atoms with Crippen LogP contribution >= 0.6 is 0 Å². The van der Waals surface area contributed by atoms with Gasteiger partial charge in [0.25, 0.3) is 0 Å². The smallest absolute Gasteiger partial charge is 0.0709 e. The normalized spacial score (nSPS) is 19.5. The third-order valence-electron chi connectivity index (χ3n) is 4.21. The number of aromatic nitrogens is 2. The lowest BCUT2D eigenvalue weighted by molar-refractivity contribution is 0.414. The average molecular weight is 229 g/mol. The molecule has 1 saturated carbocycles. The van der Waals surface area contributed by atoms with Gasteiger partial charge in [-0.1, -0.05) is 18.2 Å². The van der Waals surface area contributed by atoms with Crippen LogP contribution in [0.4, 0.5) is 0 Å². The minimum Gasteiger partial charge on any atom is -0.327 e. The molecule has 0 aliphatic heterocycles. The Hall–Kier alpha value is -1.35. The molecule has 1 aromatic heterocycles. The lowest BCUT2D eigenvalue weighted by Gasteiger charge is -2.18. The molecule has 0 radical (unpaired) electrons. The van der Waals surface area contributed by atoms with E-state index in [2.05, 4.69) is 36.3 Å². The summed E-state index contributed by atoms with van der Waals surface area (Å²) in [7, 11) is 2.01. The van der Waals surface area contributed by atoms with Crippen LogP contribution in [-0.4, -0.2) is 15.8 Å². The van der Waals surface area contributed by atoms with Crippen LogP contribution in [0.2, 0.25) is 0 Å². The molecule has 17 heavy (non-hydrogen) atoms. The van der Waals surface area contributed by atoms with Crippen molar-refractivity contribution in [1.82, 2.24) is 9.78 Å². The van der Waals surface area contributed by atoms with Gasteiger partial charge in [0.15, 0.2) is 0 Å². The summed E-state index contributed by atoms with van der Waals surface area (Å²) in [6, 6.07) is 8.69. The van der Waals surface area contributed by atoms with Gasteiger partial charge >= 0.3 is 0 Å². The maximum absolute atomic E-state index is 6.10. The summed E-state index contributed by atoms with van der Waals surface area (Å²) >= 11 is 0. The lowest BCUT2D eigenvalue weighted by atomic mass is 9.92. The maximum Gasteiger partial charge on any atom is 0.0709 e. The second kappa shape index (κ2) is 3.57. The van der Waals surface area contributed by atoms with Gasteiger partial charge in [-0.15, -0.1) is 0 Å². The van der Waals surface area contributed by atoms with Crippen molar-refractivity contribution >= 4 is 10.9 Å². The fourth-order valence-corrected chi connectivity index (χ4v) is 2.71. The first-order valence-corrected chi connectivity index (χ1v) is 6.29. The SMILES string of the molecule is CC(N)C1(Cc2nn(C)c3ccccc23)CC1. The Bertz CT molecular complexity index is 550. The minimum atomic E-state index is 0.267. The van der Waals surface area contributed by atoms with Gasteiger partial charge in [-0.2, -0.15) is 5.10 Å². The number of nitrogens with two attached hydrogens (primary N) is 1. The molecule has 1 atom stereocenters. The maximum atomic E-state index is 6.10. The average Bonchev–Trinajstić information content (AvgIpc) is 3.03. The summed E-state index contributed by atoms with van der Waals surface area (Å²) in [5.74, 6) is 0. The summed E-state index contributed by atoms with van der Waals surface area (Å²) in [6.07, 6.45) is 3.51. The molecule has 1 aliphatic rings. The fraction of sp³-hybridized carbons (Fsp3) is 0.500. The van der Waals surface area contributed by atoms with Gasteiger partial charge in [0.05, 0.1) is 11.2 Å². The van der Waals surface area contributed by atoms with Crippen molar-refractivity contribution in [2.45, 2.75) is 32.2 Å². The van der Waals surface area contributed by atoms with E-state index in [1.54, 1.807) is 0 Å². The van der Waals surface area contributed by atoms with E-state index >= 15 is 0 Å². The van der Waals surface area contributed by atoms with E-state index in [1.165, 1.54) is 29.4 Å². The summed E-state index contributed by atoms with van der Waals surface area (Å²) in [4.78, 5) is 0. The number of rotatable bonds is 3. The van der Waals surface area contributed by atoms with Gasteiger partial charge in [-0.25, -0.2) is 0 Å². The number of nitrogens with zero attached hydrogens (tertiary/aromatic N) is 2. The monoisotopic (exact) mass is 229 g/mol. The molecule has 1 unspecified atom stereocenters. The van der Waals surface area contributed by atoms with E-state index in [-0.39, 0.29) is 6.04 Å². The number of para-hydroxylation sites is 1. The van der Waals surface area contributed by atoms with Crippen molar-refractivity contribution in [3.63, 3.8) is 0 Å². The molecule has 0 amide bonds. The van der Waals surface area contributed by atoms with Gasteiger partial charge in [-0.3, -0.25) is 4.68 Å². The molecular weight excluding hydrogens is 210 g/mol. The largest absolute Gasteiger partial charge is 0.327 e. The Labute approximate surface area is 102 Å². The van der Waals surface area contributed by atoms with E-state index in [9.17, 15) is 0 Å². The number of benzene rings is 1. The van der Waals surface area contributed by atoms with E-state index in [0.29, 0.717) is 5.41 Å². The third kappa shape index (κ3) is 1.65. The topological polar surface area (TPSA) is 43.8 Å². The van der Waals surface area contributed by atoms with Gasteiger partial charge in [-0.05, 0) is 37.7 Å². The van der Waals surface area contributed by atoms with Crippen LogP contribution in [0.3, 0.4) is 0 Å². The highest BCUT2D eigenvalue weighted by molar-refractivity contribution is 5.81. The summed E-state index contributed by atoms with van der Waals surface area (Å²) in [5.41, 5.74) is 8.83. The van der Waals surface area contributed by atoms with Gasteiger partial charge in [0, 0.05) is 18.5 Å². The molecule has 2 aromatic rings. The molecular formula is C14H19N3. The highest BCUT2D eigenvalue weighted by Gasteiger charge is 2.46. The molecule has 0 saturated heterocycles. The van der Waals surface area contributed by atoms with Crippen molar-refractivity contribution in [1.29, 1.82) is 0 Å². The molecule has 3 rings (SSSR count). The molecule has 1 heterocycles. The third-order valence-corrected chi connectivity index (χ3v) is 4.21. The first-order valence-electron chi connectivity index (χ1n) is 6.29. The number of hydrogen-bond donors (Lipinski definition) is 1. The molecule has 2 N–H and O–H groups in total. The number of aryl methyl sites for hydroxylation is 1. The molecule has 0 spiro atoms. The quantitative estimate of drug-likeness (QED) is 0.877. The first-order chi connectivity index (χ1) is 8.12. The van der Waals surface area contributed by atoms with Crippen LogP contribution < -0.4 is 5.73 Å². The molecule has 1 fully saturated rings. The van der Waals surface area contributed by atoms with Crippen molar-refractivity contribution in [3.8, 4) is 0 Å². The summed E-state index contributed by atoms with van der Waals surface area (Å²) in [5, 5.41) is 5.94. The van der Waals surface area contributed by atoms with Gasteiger partial charge < -0.3 is 5.73 Å². The predicted octanol–water partition coefficient (Wildman–Crippen LogP) is 2.24. The van der Waals surface area contributed by atoms with E-state index in [4.69, 9.17) is 5.73 Å². The molecule has 0 bridgehead atoms. The Morgan fingerprint density at radius 2 is 2.12 bits per heavy atom. The summed E-state index contributed by atoms with van der Waals surface area (Å²) < 4.78 is 1.97. The molecule has 3 nitrogen and oxygen atoms in total. The Morgan fingerprint density at radius 1 is 1.41 bits per heavy atom. The Kier molecular flexibility index (Phi) is 2.26. The zero-order valence-corrected chi connectivity index (χ0v) is 10.5. The van der Waals surface area contributed by atoms with E-state index in [1.807, 2.05) is 11.7 Å². The van der Waals surface area contributed by atoms with Crippen LogP contribution in [0.25, 0.3) is 10.9 Å². The lowest BCUT2D eigenvalue weighted by Crippen LogP contribution is -2.30. The molecule has 1 aliphatic carbocycles. The fourth-order valence-electron chi connectivity index (χ4n) is 2.71. The highest BCUT2D eigenvalue weighted by Crippen LogP contribution is 2.50. The van der Waals surface area contributed by atoms with Gasteiger partial charge in [0.2, 0.25) is 0 Å². The van der Waals surface area contributed by atoms with E-state index < -0.39 is 0 Å². The Morgan fingerprint density at radius 3 is 2.76 bits per heavy atom. The van der Waals surface area contributed by atoms with Crippen LogP contribution in [0.15, 0.2) is 24.3 Å². The molecule has 3 heteroatoms. The zero-order valence-electron chi connectivity index (χ0n) is 10.5. The minimum absolute atomic E-state index is 0.267. The number of fused-ring (bicyclic) bond motifs is 1. The predicted molar refractivity (Wildman–Crippen MR) is 69.7 cm³/mol. The van der Waals surface area contributed by atoms with Crippen molar-refractivity contribution < 1.29 is 0 Å². The standard InChI is InChI=1S/C14H19N3/c1-10(15)14(7-8-14)9-12-11-5-3-4-6-13(11)17(2)16-12/h3-6,10H,7-9,15H2,1-2H3. The van der Waals surface area contributed by atoms with Crippen molar-refractivity contribution in [3.05, 3.63) is 30.0 Å². The first kappa shape index (κ1) is 10.8. The molecule has 90 valence electrons. The molecule has 1 aromatic carbocycles. The van der Waals surface area contributed by atoms with Crippen LogP contribution in [-0.2, 0) is 13.5 Å². The number of hydrogen-bond acceptors (Lipinski definition) is 2. The van der Waals surface area contributed by atoms with Crippen LogP contribution in [0.1, 0.15) is 25.5 Å². The second-order valence-corrected chi connectivity index (χ2v) is 5.42. The van der Waals surface area contributed by atoms with E-state index in [0.717, 1.165) is 6.42 Å². The highest BCUT2D eigenvalue weighted by atomic mass is 15.3. The van der Waals surface area contributed by atoms with Gasteiger partial charge in [0.1, 0.15) is 0 Å². The van der Waals surface area contributed by atoms with Crippen LogP contribution in [0, 0.1) is 5.41 Å².